The van der Waals surface area contributed by atoms with Gasteiger partial charge in [-0.2, -0.15) is 0 Å². The first-order valence-electron chi connectivity index (χ1n) is 7.15. The first-order chi connectivity index (χ1) is 11.1. The van der Waals surface area contributed by atoms with Crippen molar-refractivity contribution in [1.29, 1.82) is 0 Å². The number of nitrogens with zero attached hydrogens (tertiary/aromatic N) is 2. The predicted molar refractivity (Wildman–Crippen MR) is 96.7 cm³/mol. The van der Waals surface area contributed by atoms with Gasteiger partial charge in [-0.25, -0.2) is 9.97 Å². The number of anilines is 1. The minimum absolute atomic E-state index is 0.144. The van der Waals surface area contributed by atoms with Crippen molar-refractivity contribution in [2.45, 2.75) is 13.8 Å². The van der Waals surface area contributed by atoms with Crippen LogP contribution in [0.15, 0.2) is 36.4 Å². The zero-order valence-electron chi connectivity index (χ0n) is 12.6. The van der Waals surface area contributed by atoms with Gasteiger partial charge in [0.05, 0.1) is 19.9 Å². The van der Waals surface area contributed by atoms with Gasteiger partial charge in [-0.3, -0.25) is 10.1 Å². The fourth-order valence-electron chi connectivity index (χ4n) is 2.42. The van der Waals surface area contributed by atoms with Crippen molar-refractivity contribution >= 4 is 54.1 Å². The molecule has 0 bridgehead atoms. The molecule has 0 radical (unpaired) electrons. The number of nitrogens with one attached hydrogen (secondary N) is 1. The summed E-state index contributed by atoms with van der Waals surface area (Å²) in [5.41, 5.74) is 3.60. The molecule has 0 aliphatic heterocycles. The Morgan fingerprint density at radius 3 is 2.57 bits per heavy atom. The predicted octanol–water partition coefficient (Wildman–Crippen LogP) is 4.78. The van der Waals surface area contributed by atoms with E-state index in [0.29, 0.717) is 10.7 Å². The van der Waals surface area contributed by atoms with Gasteiger partial charge in [-0.05, 0) is 38.1 Å². The molecule has 6 heteroatoms. The smallest absolute Gasteiger partial charge is 0.257 e. The fraction of sp³-hybridized carbons (Fsp3) is 0.118. The summed E-state index contributed by atoms with van der Waals surface area (Å²) >= 11 is 3.14. The molecular formula is C17H13N3OS2. The van der Waals surface area contributed by atoms with Crippen LogP contribution in [-0.4, -0.2) is 15.9 Å². The largest absolute Gasteiger partial charge is 0.298 e. The molecule has 0 saturated carbocycles. The standard InChI is InChI=1S/C17H13N3OS2/c1-9-3-5-11(6-4-9)16(21)20-17-19-12-7-8-13-14(15(12)23-17)18-10(2)22-13/h3-8H,1-2H3,(H,19,20,21). The molecule has 2 aromatic carbocycles. The highest BCUT2D eigenvalue weighted by Gasteiger charge is 2.13. The first kappa shape index (κ1) is 14.3. The van der Waals surface area contributed by atoms with E-state index in [2.05, 4.69) is 15.3 Å². The topological polar surface area (TPSA) is 54.9 Å². The zero-order valence-corrected chi connectivity index (χ0v) is 14.2. The van der Waals surface area contributed by atoms with Gasteiger partial charge in [0, 0.05) is 5.56 Å². The average molecular weight is 339 g/mol. The van der Waals surface area contributed by atoms with Crippen LogP contribution in [0, 0.1) is 13.8 Å². The van der Waals surface area contributed by atoms with Gasteiger partial charge in [-0.15, -0.1) is 11.3 Å². The van der Waals surface area contributed by atoms with Gasteiger partial charge in [0.1, 0.15) is 5.52 Å². The quantitative estimate of drug-likeness (QED) is 0.572. The third-order valence-corrected chi connectivity index (χ3v) is 5.48. The molecule has 23 heavy (non-hydrogen) atoms. The number of amides is 1. The van der Waals surface area contributed by atoms with E-state index in [-0.39, 0.29) is 5.91 Å². The maximum atomic E-state index is 12.3. The average Bonchev–Trinajstić information content (AvgIpc) is 3.09. The molecular weight excluding hydrogens is 326 g/mol. The lowest BCUT2D eigenvalue weighted by atomic mass is 10.1. The minimum Gasteiger partial charge on any atom is -0.298 e. The maximum Gasteiger partial charge on any atom is 0.257 e. The van der Waals surface area contributed by atoms with Crippen LogP contribution in [0.4, 0.5) is 5.13 Å². The van der Waals surface area contributed by atoms with E-state index in [1.165, 1.54) is 11.3 Å². The lowest BCUT2D eigenvalue weighted by Crippen LogP contribution is -2.11. The number of benzene rings is 2. The third kappa shape index (κ3) is 2.60. The Morgan fingerprint density at radius 1 is 1.00 bits per heavy atom. The summed E-state index contributed by atoms with van der Waals surface area (Å²) in [6.45, 7) is 3.99. The lowest BCUT2D eigenvalue weighted by Gasteiger charge is -2.01. The van der Waals surface area contributed by atoms with Gasteiger partial charge in [0.15, 0.2) is 5.13 Å². The monoisotopic (exact) mass is 339 g/mol. The van der Waals surface area contributed by atoms with Crippen LogP contribution in [0.1, 0.15) is 20.9 Å². The summed E-state index contributed by atoms with van der Waals surface area (Å²) in [6, 6.07) is 11.5. The van der Waals surface area contributed by atoms with Gasteiger partial charge in [0.2, 0.25) is 0 Å². The van der Waals surface area contributed by atoms with Gasteiger partial charge < -0.3 is 0 Å². The van der Waals surface area contributed by atoms with Crippen molar-refractivity contribution in [1.82, 2.24) is 9.97 Å². The highest BCUT2D eigenvalue weighted by Crippen LogP contribution is 2.34. The number of hydrogen-bond donors (Lipinski definition) is 1. The van der Waals surface area contributed by atoms with Crippen LogP contribution >= 0.6 is 22.7 Å². The van der Waals surface area contributed by atoms with E-state index in [1.807, 2.05) is 50.2 Å². The van der Waals surface area contributed by atoms with Crippen LogP contribution in [-0.2, 0) is 0 Å². The molecule has 0 saturated heterocycles. The van der Waals surface area contributed by atoms with Crippen molar-refractivity contribution in [2.75, 3.05) is 5.32 Å². The molecule has 1 amide bonds. The van der Waals surface area contributed by atoms with Crippen LogP contribution in [0.25, 0.3) is 20.4 Å². The van der Waals surface area contributed by atoms with Crippen LogP contribution in [0.3, 0.4) is 0 Å². The Kier molecular flexibility index (Phi) is 3.36. The summed E-state index contributed by atoms with van der Waals surface area (Å²) in [6.07, 6.45) is 0. The molecule has 4 aromatic rings. The van der Waals surface area contributed by atoms with E-state index in [1.54, 1.807) is 11.3 Å². The molecule has 0 unspecified atom stereocenters. The van der Waals surface area contributed by atoms with Crippen molar-refractivity contribution < 1.29 is 4.79 Å². The Balaban J connectivity index is 1.70. The number of fused-ring (bicyclic) bond motifs is 3. The lowest BCUT2D eigenvalue weighted by molar-refractivity contribution is 0.102. The molecule has 2 aromatic heterocycles. The zero-order chi connectivity index (χ0) is 16.0. The molecule has 2 heterocycles. The Morgan fingerprint density at radius 2 is 1.78 bits per heavy atom. The summed E-state index contributed by atoms with van der Waals surface area (Å²) in [5, 5.41) is 4.52. The van der Waals surface area contributed by atoms with Crippen molar-refractivity contribution in [3.8, 4) is 0 Å². The number of carbonyl (C=O) groups is 1. The van der Waals surface area contributed by atoms with E-state index in [4.69, 9.17) is 0 Å². The molecule has 0 atom stereocenters. The van der Waals surface area contributed by atoms with Gasteiger partial charge in [0.25, 0.3) is 5.91 Å². The number of hydrogen-bond acceptors (Lipinski definition) is 5. The first-order valence-corrected chi connectivity index (χ1v) is 8.78. The summed E-state index contributed by atoms with van der Waals surface area (Å²) in [4.78, 5) is 21.4. The molecule has 4 nitrogen and oxygen atoms in total. The number of rotatable bonds is 2. The Labute approximate surface area is 140 Å². The number of carbonyl (C=O) groups excluding carboxylic acids is 1. The molecule has 0 spiro atoms. The summed E-state index contributed by atoms with van der Waals surface area (Å²) < 4.78 is 2.17. The number of aryl methyl sites for hydroxylation is 2. The van der Waals surface area contributed by atoms with Gasteiger partial charge in [-0.1, -0.05) is 29.0 Å². The summed E-state index contributed by atoms with van der Waals surface area (Å²) in [7, 11) is 0. The van der Waals surface area contributed by atoms with Crippen LogP contribution in [0.5, 0.6) is 0 Å². The summed E-state index contributed by atoms with van der Waals surface area (Å²) in [5.74, 6) is -0.144. The van der Waals surface area contributed by atoms with E-state index in [0.717, 1.165) is 31.0 Å². The molecule has 0 aliphatic rings. The van der Waals surface area contributed by atoms with E-state index in [9.17, 15) is 4.79 Å². The normalized spacial score (nSPS) is 11.2. The van der Waals surface area contributed by atoms with Gasteiger partial charge >= 0.3 is 0 Å². The minimum atomic E-state index is -0.144. The SMILES string of the molecule is Cc1ccc(C(=O)Nc2nc3ccc4sc(C)nc4c3s2)cc1. The Bertz CT molecular complexity index is 1030. The molecule has 0 fully saturated rings. The molecule has 1 N–H and O–H groups in total. The van der Waals surface area contributed by atoms with Crippen LogP contribution in [0.2, 0.25) is 0 Å². The van der Waals surface area contributed by atoms with Crippen molar-refractivity contribution in [3.05, 3.63) is 52.5 Å². The fourth-order valence-corrected chi connectivity index (χ4v) is 4.27. The number of aromatic nitrogens is 2. The maximum absolute atomic E-state index is 12.3. The van der Waals surface area contributed by atoms with Crippen molar-refractivity contribution in [3.63, 3.8) is 0 Å². The highest BCUT2D eigenvalue weighted by atomic mass is 32.1. The molecule has 114 valence electrons. The second kappa shape index (κ2) is 5.40. The van der Waals surface area contributed by atoms with E-state index < -0.39 is 0 Å². The molecule has 0 aliphatic carbocycles. The second-order valence-electron chi connectivity index (χ2n) is 5.33. The highest BCUT2D eigenvalue weighted by molar-refractivity contribution is 7.24. The molecule has 4 rings (SSSR count). The third-order valence-electron chi connectivity index (χ3n) is 3.56. The van der Waals surface area contributed by atoms with Crippen LogP contribution < -0.4 is 5.32 Å². The van der Waals surface area contributed by atoms with E-state index >= 15 is 0 Å². The Hall–Kier alpha value is -2.31. The number of thiazole rings is 2. The van der Waals surface area contributed by atoms with Crippen molar-refractivity contribution in [2.24, 2.45) is 0 Å². The second-order valence-corrected chi connectivity index (χ2v) is 7.57.